The van der Waals surface area contributed by atoms with Crippen molar-refractivity contribution in [3.63, 3.8) is 0 Å². The molecule has 0 heterocycles. The molecule has 0 aliphatic heterocycles. The fourth-order valence-electron chi connectivity index (χ4n) is 0.902. The normalized spacial score (nSPS) is 9.57. The molecule has 1 rings (SSSR count). The van der Waals surface area contributed by atoms with E-state index in [2.05, 4.69) is 4.74 Å². The molecule has 0 amide bonds. The summed E-state index contributed by atoms with van der Waals surface area (Å²) in [6.45, 7) is 1.82. The molecule has 0 atom stereocenters. The molecule has 0 bridgehead atoms. The Bertz CT molecular complexity index is 312. The van der Waals surface area contributed by atoms with Crippen molar-refractivity contribution < 1.29 is 18.7 Å². The zero-order valence-corrected chi connectivity index (χ0v) is 7.83. The van der Waals surface area contributed by atoms with Crippen LogP contribution in [0.4, 0.5) is 4.39 Å². The summed E-state index contributed by atoms with van der Waals surface area (Å²) < 4.78 is 22.3. The molecule has 0 aromatic heterocycles. The molecule has 1 aromatic carbocycles. The van der Waals surface area contributed by atoms with Crippen molar-refractivity contribution in [2.45, 2.75) is 6.92 Å². The predicted octanol–water partition coefficient (Wildman–Crippen LogP) is 1.77. The lowest BCUT2D eigenvalue weighted by molar-refractivity contribution is -0.145. The Morgan fingerprint density at radius 3 is 2.93 bits per heavy atom. The van der Waals surface area contributed by atoms with Crippen LogP contribution in [0.2, 0.25) is 0 Å². The fraction of sp³-hybridized carbons (Fsp3) is 0.300. The molecule has 76 valence electrons. The number of carbonyl (C=O) groups excluding carboxylic acids is 1. The number of ether oxygens (including phenoxy) is 2. The molecule has 14 heavy (non-hydrogen) atoms. The van der Waals surface area contributed by atoms with Crippen molar-refractivity contribution in [2.24, 2.45) is 0 Å². The van der Waals surface area contributed by atoms with Crippen molar-refractivity contribution in [2.75, 3.05) is 13.2 Å². The molecule has 0 aliphatic rings. The van der Waals surface area contributed by atoms with Crippen LogP contribution in [0.15, 0.2) is 24.3 Å². The van der Waals surface area contributed by atoms with Crippen LogP contribution >= 0.6 is 0 Å². The molecule has 0 radical (unpaired) electrons. The number of halogens is 1. The lowest BCUT2D eigenvalue weighted by Crippen LogP contribution is -2.14. The molecule has 3 nitrogen and oxygen atoms in total. The second-order valence-electron chi connectivity index (χ2n) is 2.55. The van der Waals surface area contributed by atoms with E-state index in [4.69, 9.17) is 4.74 Å². The van der Waals surface area contributed by atoms with Gasteiger partial charge in [0.25, 0.3) is 0 Å². The molecule has 0 fully saturated rings. The minimum Gasteiger partial charge on any atom is -0.482 e. The van der Waals surface area contributed by atoms with E-state index in [1.54, 1.807) is 13.0 Å². The zero-order chi connectivity index (χ0) is 10.4. The number of rotatable bonds is 4. The minimum atomic E-state index is -0.461. The molecule has 0 saturated carbocycles. The van der Waals surface area contributed by atoms with E-state index in [9.17, 15) is 9.18 Å². The van der Waals surface area contributed by atoms with Gasteiger partial charge in [0.05, 0.1) is 6.61 Å². The van der Waals surface area contributed by atoms with Crippen LogP contribution in [-0.4, -0.2) is 19.2 Å². The van der Waals surface area contributed by atoms with Crippen molar-refractivity contribution in [1.82, 2.24) is 0 Å². The highest BCUT2D eigenvalue weighted by molar-refractivity contribution is 5.71. The number of carbonyl (C=O) groups is 1. The third kappa shape index (κ3) is 3.43. The first-order valence-electron chi connectivity index (χ1n) is 4.26. The second-order valence-corrected chi connectivity index (χ2v) is 2.55. The topological polar surface area (TPSA) is 35.5 Å². The fourth-order valence-corrected chi connectivity index (χ4v) is 0.902. The second kappa shape index (κ2) is 5.21. The average Bonchev–Trinajstić information content (AvgIpc) is 2.15. The molecule has 0 spiro atoms. The average molecular weight is 198 g/mol. The number of benzene rings is 1. The van der Waals surface area contributed by atoms with E-state index in [-0.39, 0.29) is 6.61 Å². The van der Waals surface area contributed by atoms with Crippen molar-refractivity contribution in [3.05, 3.63) is 30.1 Å². The standard InChI is InChI=1S/C10H11FO3/c1-2-13-10(12)7-14-9-5-3-4-8(11)6-9/h3-6H,2,7H2,1H3. The highest BCUT2D eigenvalue weighted by Gasteiger charge is 2.02. The maximum atomic E-state index is 12.6. The zero-order valence-electron chi connectivity index (χ0n) is 7.83. The Labute approximate surface area is 81.4 Å². The van der Waals surface area contributed by atoms with Crippen LogP contribution in [0.1, 0.15) is 6.92 Å². The Morgan fingerprint density at radius 1 is 1.50 bits per heavy atom. The van der Waals surface area contributed by atoms with E-state index in [0.717, 1.165) is 0 Å². The van der Waals surface area contributed by atoms with Crippen LogP contribution in [0.3, 0.4) is 0 Å². The maximum absolute atomic E-state index is 12.6. The van der Waals surface area contributed by atoms with Gasteiger partial charge in [0.1, 0.15) is 11.6 Å². The molecular formula is C10H11FO3. The number of esters is 1. The molecular weight excluding hydrogens is 187 g/mol. The lowest BCUT2D eigenvalue weighted by Gasteiger charge is -2.04. The largest absolute Gasteiger partial charge is 0.482 e. The summed E-state index contributed by atoms with van der Waals surface area (Å²) in [5.74, 6) is -0.541. The summed E-state index contributed by atoms with van der Waals surface area (Å²) in [4.78, 5) is 10.9. The SMILES string of the molecule is CCOC(=O)COc1cccc(F)c1. The summed E-state index contributed by atoms with van der Waals surface area (Å²) in [5, 5.41) is 0. The first-order chi connectivity index (χ1) is 6.72. The molecule has 4 heteroatoms. The predicted molar refractivity (Wildman–Crippen MR) is 48.5 cm³/mol. The van der Waals surface area contributed by atoms with Crippen LogP contribution in [0.5, 0.6) is 5.75 Å². The summed E-state index contributed by atoms with van der Waals surface area (Å²) >= 11 is 0. The Kier molecular flexibility index (Phi) is 3.91. The third-order valence-corrected chi connectivity index (χ3v) is 1.46. The van der Waals surface area contributed by atoms with Gasteiger partial charge < -0.3 is 9.47 Å². The van der Waals surface area contributed by atoms with Crippen LogP contribution in [0.25, 0.3) is 0 Å². The Morgan fingerprint density at radius 2 is 2.29 bits per heavy atom. The van der Waals surface area contributed by atoms with Crippen molar-refractivity contribution in [3.8, 4) is 5.75 Å². The van der Waals surface area contributed by atoms with Crippen molar-refractivity contribution in [1.29, 1.82) is 0 Å². The summed E-state index contributed by atoms with van der Waals surface area (Å²) in [6.07, 6.45) is 0. The van der Waals surface area contributed by atoms with Gasteiger partial charge in [-0.05, 0) is 19.1 Å². The molecule has 0 N–H and O–H groups in total. The molecule has 1 aromatic rings. The molecule has 0 saturated heterocycles. The van der Waals surface area contributed by atoms with Gasteiger partial charge in [-0.2, -0.15) is 0 Å². The monoisotopic (exact) mass is 198 g/mol. The van der Waals surface area contributed by atoms with Gasteiger partial charge in [-0.1, -0.05) is 6.07 Å². The summed E-state index contributed by atoms with van der Waals surface area (Å²) in [6, 6.07) is 5.59. The number of hydrogen-bond acceptors (Lipinski definition) is 3. The van der Waals surface area contributed by atoms with Crippen LogP contribution in [-0.2, 0) is 9.53 Å². The highest BCUT2D eigenvalue weighted by Crippen LogP contribution is 2.11. The van der Waals surface area contributed by atoms with Gasteiger partial charge in [-0.3, -0.25) is 0 Å². The Balaban J connectivity index is 2.41. The first kappa shape index (κ1) is 10.5. The van der Waals surface area contributed by atoms with Gasteiger partial charge in [0.15, 0.2) is 6.61 Å². The van der Waals surface area contributed by atoms with Crippen LogP contribution in [0, 0.1) is 5.82 Å². The van der Waals surface area contributed by atoms with E-state index in [1.165, 1.54) is 18.2 Å². The third-order valence-electron chi connectivity index (χ3n) is 1.46. The van der Waals surface area contributed by atoms with Gasteiger partial charge >= 0.3 is 5.97 Å². The van der Waals surface area contributed by atoms with E-state index in [0.29, 0.717) is 12.4 Å². The van der Waals surface area contributed by atoms with Gasteiger partial charge in [0.2, 0.25) is 0 Å². The molecule has 0 unspecified atom stereocenters. The van der Waals surface area contributed by atoms with Gasteiger partial charge in [-0.15, -0.1) is 0 Å². The van der Waals surface area contributed by atoms with E-state index < -0.39 is 11.8 Å². The summed E-state index contributed by atoms with van der Waals surface area (Å²) in [7, 11) is 0. The van der Waals surface area contributed by atoms with Crippen LogP contribution < -0.4 is 4.74 Å². The Hall–Kier alpha value is -1.58. The minimum absolute atomic E-state index is 0.197. The van der Waals surface area contributed by atoms with Gasteiger partial charge in [-0.25, -0.2) is 9.18 Å². The smallest absolute Gasteiger partial charge is 0.344 e. The highest BCUT2D eigenvalue weighted by atomic mass is 19.1. The maximum Gasteiger partial charge on any atom is 0.344 e. The molecule has 0 aliphatic carbocycles. The van der Waals surface area contributed by atoms with Gasteiger partial charge in [0, 0.05) is 6.07 Å². The van der Waals surface area contributed by atoms with E-state index >= 15 is 0 Å². The summed E-state index contributed by atoms with van der Waals surface area (Å²) in [5.41, 5.74) is 0. The van der Waals surface area contributed by atoms with Crippen molar-refractivity contribution >= 4 is 5.97 Å². The number of hydrogen-bond donors (Lipinski definition) is 0. The first-order valence-corrected chi connectivity index (χ1v) is 4.26. The lowest BCUT2D eigenvalue weighted by atomic mass is 10.3. The van der Waals surface area contributed by atoms with E-state index in [1.807, 2.05) is 0 Å². The quantitative estimate of drug-likeness (QED) is 0.691.